The van der Waals surface area contributed by atoms with Gasteiger partial charge in [0, 0.05) is 47.5 Å². The van der Waals surface area contributed by atoms with Gasteiger partial charge in [-0.2, -0.15) is 5.26 Å². The van der Waals surface area contributed by atoms with Crippen LogP contribution in [-0.4, -0.2) is 14.5 Å². The molecule has 0 N–H and O–H groups in total. The Morgan fingerprint density at radius 3 is 2.74 bits per heavy atom. The maximum atomic E-state index is 9.12. The van der Waals surface area contributed by atoms with Gasteiger partial charge in [0.15, 0.2) is 0 Å². The van der Waals surface area contributed by atoms with Gasteiger partial charge in [0.05, 0.1) is 11.1 Å². The van der Waals surface area contributed by atoms with Crippen molar-refractivity contribution >= 4 is 33.4 Å². The van der Waals surface area contributed by atoms with Gasteiger partial charge in [-0.15, -0.1) is 0 Å². The zero-order valence-corrected chi connectivity index (χ0v) is 13.0. The van der Waals surface area contributed by atoms with Crippen LogP contribution in [-0.2, 0) is 7.05 Å². The first-order chi connectivity index (χ1) is 11.2. The first kappa shape index (κ1) is 13.7. The number of fused-ring (bicyclic) bond motifs is 3. The van der Waals surface area contributed by atoms with Gasteiger partial charge in [-0.3, -0.25) is 4.98 Å². The van der Waals surface area contributed by atoms with Crippen molar-refractivity contribution in [2.45, 2.75) is 0 Å². The van der Waals surface area contributed by atoms with Gasteiger partial charge < -0.3 is 4.57 Å². The molecule has 3 heterocycles. The van der Waals surface area contributed by atoms with E-state index in [1.165, 1.54) is 0 Å². The molecule has 0 amide bonds. The highest BCUT2D eigenvalue weighted by molar-refractivity contribution is 6.30. The second-order valence-corrected chi connectivity index (χ2v) is 5.72. The number of hydrogen-bond acceptors (Lipinski definition) is 3. The molecule has 4 rings (SSSR count). The molecule has 1 aromatic carbocycles. The smallest absolute Gasteiger partial charge is 0.146 e. The van der Waals surface area contributed by atoms with Crippen LogP contribution in [0.5, 0.6) is 0 Å². The monoisotopic (exact) mass is 318 g/mol. The Morgan fingerprint density at radius 2 is 1.91 bits per heavy atom. The van der Waals surface area contributed by atoms with E-state index in [9.17, 15) is 0 Å². The summed E-state index contributed by atoms with van der Waals surface area (Å²) in [6.07, 6.45) is 5.37. The topological polar surface area (TPSA) is 54.5 Å². The van der Waals surface area contributed by atoms with E-state index >= 15 is 0 Å². The van der Waals surface area contributed by atoms with Gasteiger partial charge >= 0.3 is 0 Å². The second-order valence-electron chi connectivity index (χ2n) is 5.36. The van der Waals surface area contributed by atoms with Crippen LogP contribution in [0.25, 0.3) is 32.9 Å². The second kappa shape index (κ2) is 5.08. The number of nitriles is 1. The lowest BCUT2D eigenvalue weighted by Gasteiger charge is -2.04. The minimum Gasteiger partial charge on any atom is -0.343 e. The number of aryl methyl sites for hydroxylation is 1. The van der Waals surface area contributed by atoms with E-state index in [1.54, 1.807) is 18.5 Å². The summed E-state index contributed by atoms with van der Waals surface area (Å²) >= 11 is 5.91. The number of hydrogen-bond donors (Lipinski definition) is 0. The molecule has 0 bridgehead atoms. The lowest BCUT2D eigenvalue weighted by Crippen LogP contribution is -1.89. The van der Waals surface area contributed by atoms with Crippen molar-refractivity contribution in [1.82, 2.24) is 14.5 Å². The summed E-state index contributed by atoms with van der Waals surface area (Å²) in [6.45, 7) is 0. The standard InChI is InChI=1S/C18H11ClN4/c1-23-16-4-5-21-10-15(16)14-3-2-11(7-17(14)23)13-6-12(8-20)18(19)22-9-13/h2-7,9-10H,1H3. The van der Waals surface area contributed by atoms with E-state index in [0.29, 0.717) is 5.56 Å². The summed E-state index contributed by atoms with van der Waals surface area (Å²) in [6, 6.07) is 12.0. The predicted molar refractivity (Wildman–Crippen MR) is 91.2 cm³/mol. The number of halogens is 1. The van der Waals surface area contributed by atoms with Crippen LogP contribution in [0.15, 0.2) is 48.9 Å². The quantitative estimate of drug-likeness (QED) is 0.491. The van der Waals surface area contributed by atoms with Crippen molar-refractivity contribution in [1.29, 1.82) is 5.26 Å². The molecular weight excluding hydrogens is 308 g/mol. The molecule has 0 fully saturated rings. The van der Waals surface area contributed by atoms with E-state index in [2.05, 4.69) is 32.7 Å². The zero-order chi connectivity index (χ0) is 16.0. The molecule has 4 aromatic rings. The lowest BCUT2D eigenvalue weighted by molar-refractivity contribution is 1.01. The number of nitrogens with zero attached hydrogens (tertiary/aromatic N) is 4. The van der Waals surface area contributed by atoms with Crippen LogP contribution in [0.4, 0.5) is 0 Å². The number of rotatable bonds is 1. The van der Waals surface area contributed by atoms with Crippen molar-refractivity contribution in [3.8, 4) is 17.2 Å². The molecule has 110 valence electrons. The Labute approximate surface area is 137 Å². The molecule has 23 heavy (non-hydrogen) atoms. The molecule has 0 saturated heterocycles. The number of pyridine rings is 2. The van der Waals surface area contributed by atoms with Crippen LogP contribution in [0.3, 0.4) is 0 Å². The van der Waals surface area contributed by atoms with Crippen LogP contribution in [0.1, 0.15) is 5.56 Å². The largest absolute Gasteiger partial charge is 0.343 e. The van der Waals surface area contributed by atoms with Crippen molar-refractivity contribution in [3.05, 3.63) is 59.6 Å². The summed E-state index contributed by atoms with van der Waals surface area (Å²) in [5.41, 5.74) is 4.50. The van der Waals surface area contributed by atoms with Crippen LogP contribution in [0, 0.1) is 11.3 Å². The molecule has 0 spiro atoms. The Morgan fingerprint density at radius 1 is 1.04 bits per heavy atom. The number of benzene rings is 1. The molecule has 0 aliphatic rings. The minimum atomic E-state index is 0.230. The van der Waals surface area contributed by atoms with Gasteiger partial charge in [0.1, 0.15) is 11.2 Å². The van der Waals surface area contributed by atoms with Crippen LogP contribution >= 0.6 is 11.6 Å². The first-order valence-electron chi connectivity index (χ1n) is 7.07. The highest BCUT2D eigenvalue weighted by atomic mass is 35.5. The molecule has 0 aliphatic heterocycles. The summed E-state index contributed by atoms with van der Waals surface area (Å²) in [5.74, 6) is 0. The van der Waals surface area contributed by atoms with Gasteiger partial charge in [-0.1, -0.05) is 23.7 Å². The SMILES string of the molecule is Cn1c2ccncc2c2ccc(-c3cnc(Cl)c(C#N)c3)cc21. The third kappa shape index (κ3) is 2.06. The maximum Gasteiger partial charge on any atom is 0.146 e. The zero-order valence-electron chi connectivity index (χ0n) is 12.3. The molecule has 0 unspecified atom stereocenters. The maximum absolute atomic E-state index is 9.12. The third-order valence-electron chi connectivity index (χ3n) is 4.10. The molecule has 0 saturated carbocycles. The molecule has 0 radical (unpaired) electrons. The lowest BCUT2D eigenvalue weighted by atomic mass is 10.0. The number of aromatic nitrogens is 3. The Balaban J connectivity index is 1.98. The molecule has 0 aliphatic carbocycles. The van der Waals surface area contributed by atoms with Crippen LogP contribution in [0.2, 0.25) is 5.15 Å². The van der Waals surface area contributed by atoms with Gasteiger partial charge in [0.2, 0.25) is 0 Å². The average Bonchev–Trinajstić information content (AvgIpc) is 2.88. The van der Waals surface area contributed by atoms with Crippen molar-refractivity contribution in [3.63, 3.8) is 0 Å². The van der Waals surface area contributed by atoms with Crippen molar-refractivity contribution < 1.29 is 0 Å². The first-order valence-corrected chi connectivity index (χ1v) is 7.45. The summed E-state index contributed by atoms with van der Waals surface area (Å²) < 4.78 is 2.14. The highest BCUT2D eigenvalue weighted by Crippen LogP contribution is 2.31. The van der Waals surface area contributed by atoms with E-state index in [0.717, 1.165) is 32.9 Å². The van der Waals surface area contributed by atoms with E-state index in [-0.39, 0.29) is 5.15 Å². The van der Waals surface area contributed by atoms with E-state index < -0.39 is 0 Å². The van der Waals surface area contributed by atoms with Gasteiger partial charge in [-0.25, -0.2) is 4.98 Å². The summed E-state index contributed by atoms with van der Waals surface area (Å²) in [4.78, 5) is 8.31. The molecule has 4 nitrogen and oxygen atoms in total. The Hall–Kier alpha value is -2.90. The minimum absolute atomic E-state index is 0.230. The van der Waals surface area contributed by atoms with Crippen molar-refractivity contribution in [2.75, 3.05) is 0 Å². The highest BCUT2D eigenvalue weighted by Gasteiger charge is 2.10. The van der Waals surface area contributed by atoms with E-state index in [1.807, 2.05) is 25.4 Å². The summed E-state index contributed by atoms with van der Waals surface area (Å²) in [7, 11) is 2.04. The third-order valence-corrected chi connectivity index (χ3v) is 4.40. The summed E-state index contributed by atoms with van der Waals surface area (Å²) in [5, 5.41) is 11.6. The Kier molecular flexibility index (Phi) is 3.03. The van der Waals surface area contributed by atoms with Gasteiger partial charge in [-0.05, 0) is 23.8 Å². The van der Waals surface area contributed by atoms with Crippen LogP contribution < -0.4 is 0 Å². The van der Waals surface area contributed by atoms with Gasteiger partial charge in [0.25, 0.3) is 0 Å². The molecule has 0 atom stereocenters. The fraction of sp³-hybridized carbons (Fsp3) is 0.0556. The van der Waals surface area contributed by atoms with E-state index in [4.69, 9.17) is 16.9 Å². The van der Waals surface area contributed by atoms with Crippen molar-refractivity contribution in [2.24, 2.45) is 7.05 Å². The predicted octanol–water partition coefficient (Wildman–Crippen LogP) is 4.31. The fourth-order valence-corrected chi connectivity index (χ4v) is 3.06. The Bertz CT molecular complexity index is 1110. The molecular formula is C18H11ClN4. The molecule has 5 heteroatoms. The average molecular weight is 319 g/mol. The molecule has 3 aromatic heterocycles. The fourth-order valence-electron chi connectivity index (χ4n) is 2.92. The normalized spacial score (nSPS) is 11.0.